The molecule has 2 aromatic rings. The topological polar surface area (TPSA) is 143 Å². The predicted octanol–water partition coefficient (Wildman–Crippen LogP) is 2.41. The van der Waals surface area contributed by atoms with Gasteiger partial charge in [0.1, 0.15) is 29.4 Å². The number of hydrogen-bond donors (Lipinski definition) is 2. The van der Waals surface area contributed by atoms with E-state index in [9.17, 15) is 19.2 Å². The maximum Gasteiger partial charge on any atom is 0.410 e. The number of likely N-dealkylation sites (tertiary alicyclic amines) is 1. The van der Waals surface area contributed by atoms with Crippen LogP contribution in [0.25, 0.3) is 11.0 Å². The SMILES string of the molecule is COC(C)C(NC(=O)C(C)N(C)C(=O)OC(C)(C)C)C(=O)N1CC(OC(C)=O)CC1Cc1c[nH]c2ncccc12. The van der Waals surface area contributed by atoms with Crippen LogP contribution in [0.1, 0.15) is 53.5 Å². The Morgan fingerprint density at radius 1 is 1.25 bits per heavy atom. The van der Waals surface area contributed by atoms with Crippen LogP contribution in [0.3, 0.4) is 0 Å². The highest BCUT2D eigenvalue weighted by Crippen LogP contribution is 2.28. The molecule has 0 saturated carbocycles. The van der Waals surface area contributed by atoms with Crippen LogP contribution in [-0.4, -0.2) is 100 Å². The Morgan fingerprint density at radius 2 is 1.95 bits per heavy atom. The summed E-state index contributed by atoms with van der Waals surface area (Å²) >= 11 is 0. The molecule has 3 heterocycles. The third kappa shape index (κ3) is 7.50. The number of pyridine rings is 1. The van der Waals surface area contributed by atoms with Gasteiger partial charge in [-0.3, -0.25) is 19.3 Å². The molecule has 40 heavy (non-hydrogen) atoms. The molecule has 3 amide bonds. The maximum absolute atomic E-state index is 14.0. The average Bonchev–Trinajstić information content (AvgIpc) is 3.47. The number of hydrogen-bond acceptors (Lipinski definition) is 8. The fraction of sp³-hybridized carbons (Fsp3) is 0.607. The number of fused-ring (bicyclic) bond motifs is 1. The highest BCUT2D eigenvalue weighted by atomic mass is 16.6. The van der Waals surface area contributed by atoms with E-state index in [4.69, 9.17) is 14.2 Å². The summed E-state index contributed by atoms with van der Waals surface area (Å²) in [6.07, 6.45) is 2.68. The first-order valence-corrected chi connectivity index (χ1v) is 13.4. The van der Waals surface area contributed by atoms with E-state index in [-0.39, 0.29) is 18.5 Å². The Labute approximate surface area is 234 Å². The number of methoxy groups -OCH3 is 1. The van der Waals surface area contributed by atoms with Gasteiger partial charge in [0.15, 0.2) is 0 Å². The lowest BCUT2D eigenvalue weighted by atomic mass is 10.0. The molecule has 2 N–H and O–H groups in total. The molecule has 0 aliphatic carbocycles. The van der Waals surface area contributed by atoms with Crippen molar-refractivity contribution in [1.29, 1.82) is 0 Å². The van der Waals surface area contributed by atoms with Crippen molar-refractivity contribution in [2.45, 2.75) is 90.3 Å². The number of likely N-dealkylation sites (N-methyl/N-ethyl adjacent to an activating group) is 1. The Bertz CT molecular complexity index is 1220. The number of aromatic nitrogens is 2. The molecule has 1 aliphatic rings. The van der Waals surface area contributed by atoms with Crippen LogP contribution in [0, 0.1) is 0 Å². The highest BCUT2D eigenvalue weighted by molar-refractivity contribution is 5.92. The van der Waals surface area contributed by atoms with E-state index in [1.165, 1.54) is 26.0 Å². The quantitative estimate of drug-likeness (QED) is 0.446. The van der Waals surface area contributed by atoms with E-state index >= 15 is 0 Å². The average molecular weight is 560 g/mol. The molecule has 1 saturated heterocycles. The summed E-state index contributed by atoms with van der Waals surface area (Å²) in [4.78, 5) is 61.8. The van der Waals surface area contributed by atoms with Gasteiger partial charge in [-0.1, -0.05) is 0 Å². The van der Waals surface area contributed by atoms with Gasteiger partial charge in [-0.2, -0.15) is 0 Å². The number of carbonyl (C=O) groups is 4. The van der Waals surface area contributed by atoms with Crippen molar-refractivity contribution in [2.75, 3.05) is 20.7 Å². The van der Waals surface area contributed by atoms with Crippen LogP contribution in [0.2, 0.25) is 0 Å². The smallest absolute Gasteiger partial charge is 0.410 e. The number of rotatable bonds is 9. The highest BCUT2D eigenvalue weighted by Gasteiger charge is 2.42. The molecule has 12 heteroatoms. The van der Waals surface area contributed by atoms with Crippen molar-refractivity contribution in [2.24, 2.45) is 0 Å². The Hall–Kier alpha value is -3.67. The lowest BCUT2D eigenvalue weighted by Crippen LogP contribution is -2.58. The van der Waals surface area contributed by atoms with Gasteiger partial charge in [0.05, 0.1) is 12.6 Å². The molecule has 1 aliphatic heterocycles. The standard InChI is InChI=1S/C28H41N5O7/c1-16(32(7)27(37)40-28(4,5)6)25(35)31-23(17(2)38-8)26(36)33-15-21(39-18(3)34)13-20(33)12-19-14-30-24-22(19)10-9-11-29-24/h9-11,14,16-17,20-21,23H,12-13,15H2,1-8H3,(H,29,30)(H,31,35). The molecule has 0 radical (unpaired) electrons. The number of ether oxygens (including phenoxy) is 3. The largest absolute Gasteiger partial charge is 0.461 e. The second-order valence-corrected chi connectivity index (χ2v) is 11.2. The minimum atomic E-state index is -1.05. The molecular weight excluding hydrogens is 518 g/mol. The van der Waals surface area contributed by atoms with Gasteiger partial charge in [0, 0.05) is 51.3 Å². The van der Waals surface area contributed by atoms with Crippen molar-refractivity contribution in [3.8, 4) is 0 Å². The maximum atomic E-state index is 14.0. The van der Waals surface area contributed by atoms with Crippen molar-refractivity contribution in [3.05, 3.63) is 30.1 Å². The molecule has 0 spiro atoms. The minimum absolute atomic E-state index is 0.180. The first kappa shape index (κ1) is 30.9. The third-order valence-electron chi connectivity index (χ3n) is 7.03. The molecule has 12 nitrogen and oxygen atoms in total. The summed E-state index contributed by atoms with van der Waals surface area (Å²) in [7, 11) is 2.92. The van der Waals surface area contributed by atoms with Gasteiger partial charge in [-0.05, 0) is 58.7 Å². The fourth-order valence-electron chi connectivity index (χ4n) is 4.73. The van der Waals surface area contributed by atoms with Crippen molar-refractivity contribution < 1.29 is 33.4 Å². The van der Waals surface area contributed by atoms with Crippen LogP contribution in [0.15, 0.2) is 24.5 Å². The molecule has 220 valence electrons. The summed E-state index contributed by atoms with van der Waals surface area (Å²) < 4.78 is 16.3. The Kier molecular flexibility index (Phi) is 9.78. The van der Waals surface area contributed by atoms with Gasteiger partial charge in [0.2, 0.25) is 11.8 Å². The number of aromatic amines is 1. The number of nitrogens with one attached hydrogen (secondary N) is 2. The van der Waals surface area contributed by atoms with Crippen LogP contribution >= 0.6 is 0 Å². The first-order chi connectivity index (χ1) is 18.7. The van der Waals surface area contributed by atoms with E-state index in [2.05, 4.69) is 15.3 Å². The molecular formula is C28H41N5O7. The van der Waals surface area contributed by atoms with Crippen LogP contribution < -0.4 is 5.32 Å². The summed E-state index contributed by atoms with van der Waals surface area (Å²) in [5, 5.41) is 3.72. The summed E-state index contributed by atoms with van der Waals surface area (Å²) in [5.74, 6) is -1.33. The van der Waals surface area contributed by atoms with E-state index in [0.717, 1.165) is 16.6 Å². The first-order valence-electron chi connectivity index (χ1n) is 13.4. The van der Waals surface area contributed by atoms with Crippen LogP contribution in [0.5, 0.6) is 0 Å². The third-order valence-corrected chi connectivity index (χ3v) is 7.03. The van der Waals surface area contributed by atoms with Crippen molar-refractivity contribution in [3.63, 3.8) is 0 Å². The normalized spacial score (nSPS) is 19.6. The van der Waals surface area contributed by atoms with Crippen molar-refractivity contribution in [1.82, 2.24) is 25.1 Å². The molecule has 3 rings (SSSR count). The van der Waals surface area contributed by atoms with Gasteiger partial charge in [-0.15, -0.1) is 0 Å². The molecule has 2 aromatic heterocycles. The van der Waals surface area contributed by atoms with Gasteiger partial charge in [0.25, 0.3) is 0 Å². The van der Waals surface area contributed by atoms with E-state index in [1.807, 2.05) is 18.3 Å². The number of amides is 3. The van der Waals surface area contributed by atoms with E-state index in [0.29, 0.717) is 12.8 Å². The lowest BCUT2D eigenvalue weighted by molar-refractivity contribution is -0.147. The fourth-order valence-corrected chi connectivity index (χ4v) is 4.73. The zero-order chi connectivity index (χ0) is 29.8. The van der Waals surface area contributed by atoms with Crippen LogP contribution in [0.4, 0.5) is 4.79 Å². The number of carbonyl (C=O) groups excluding carboxylic acids is 4. The zero-order valence-corrected chi connectivity index (χ0v) is 24.5. The van der Waals surface area contributed by atoms with Gasteiger partial charge < -0.3 is 29.4 Å². The van der Waals surface area contributed by atoms with Crippen LogP contribution in [-0.2, 0) is 35.0 Å². The Morgan fingerprint density at radius 3 is 2.58 bits per heavy atom. The molecule has 5 unspecified atom stereocenters. The predicted molar refractivity (Wildman–Crippen MR) is 147 cm³/mol. The minimum Gasteiger partial charge on any atom is -0.461 e. The zero-order valence-electron chi connectivity index (χ0n) is 24.5. The molecule has 0 aromatic carbocycles. The van der Waals surface area contributed by atoms with E-state index < -0.39 is 47.9 Å². The number of nitrogens with zero attached hydrogens (tertiary/aromatic N) is 3. The molecule has 5 atom stereocenters. The summed E-state index contributed by atoms with van der Waals surface area (Å²) in [6.45, 7) is 9.97. The van der Waals surface area contributed by atoms with Crippen molar-refractivity contribution >= 4 is 34.9 Å². The monoisotopic (exact) mass is 559 g/mol. The van der Waals surface area contributed by atoms with Gasteiger partial charge in [-0.25, -0.2) is 9.78 Å². The Balaban J connectivity index is 1.82. The van der Waals surface area contributed by atoms with Gasteiger partial charge >= 0.3 is 12.1 Å². The lowest BCUT2D eigenvalue weighted by Gasteiger charge is -2.33. The van der Waals surface area contributed by atoms with E-state index in [1.54, 1.807) is 45.7 Å². The second kappa shape index (κ2) is 12.7. The molecule has 0 bridgehead atoms. The number of H-pyrrole nitrogens is 1. The number of esters is 1. The second-order valence-electron chi connectivity index (χ2n) is 11.2. The molecule has 1 fully saturated rings. The summed E-state index contributed by atoms with van der Waals surface area (Å²) in [5.41, 5.74) is 0.989. The summed E-state index contributed by atoms with van der Waals surface area (Å²) in [6, 6.07) is 1.53.